The molecule has 0 aliphatic heterocycles. The van der Waals surface area contributed by atoms with E-state index in [1.165, 1.54) is 54.3 Å². The number of fused-ring (bicyclic) bond motifs is 3. The van der Waals surface area contributed by atoms with Crippen LogP contribution in [-0.4, -0.2) is 52.8 Å². The number of carbonyl (C=O) groups is 1. The van der Waals surface area contributed by atoms with Crippen LogP contribution in [0.25, 0.3) is 10.2 Å². The van der Waals surface area contributed by atoms with E-state index < -0.39 is 0 Å². The summed E-state index contributed by atoms with van der Waals surface area (Å²) < 4.78 is 1.84. The van der Waals surface area contributed by atoms with Gasteiger partial charge in [-0.1, -0.05) is 11.8 Å². The molecule has 0 unspecified atom stereocenters. The van der Waals surface area contributed by atoms with Gasteiger partial charge in [0.05, 0.1) is 11.1 Å². The summed E-state index contributed by atoms with van der Waals surface area (Å²) in [6, 6.07) is 0.366. The third kappa shape index (κ3) is 4.92. The van der Waals surface area contributed by atoms with Gasteiger partial charge in [0.1, 0.15) is 4.83 Å². The van der Waals surface area contributed by atoms with E-state index in [4.69, 9.17) is 4.98 Å². The first kappa shape index (κ1) is 22.4. The number of carbonyl (C=O) groups excluding carboxylic acids is 1. The van der Waals surface area contributed by atoms with Gasteiger partial charge in [0.25, 0.3) is 5.56 Å². The molecule has 32 heavy (non-hydrogen) atoms. The Hall–Kier alpha value is -1.38. The molecule has 2 aromatic heterocycles. The lowest BCUT2D eigenvalue weighted by atomic mass is 9.97. The molecule has 1 N–H and O–H groups in total. The molecule has 8 heteroatoms. The van der Waals surface area contributed by atoms with E-state index >= 15 is 0 Å². The fourth-order valence-electron chi connectivity index (χ4n) is 4.96. The average molecular weight is 475 g/mol. The lowest BCUT2D eigenvalue weighted by Gasteiger charge is -2.18. The normalized spacial score (nSPS) is 18.5. The smallest absolute Gasteiger partial charge is 0.263 e. The topological polar surface area (TPSA) is 67.2 Å². The molecule has 174 valence electrons. The maximum Gasteiger partial charge on any atom is 0.263 e. The Morgan fingerprint density at radius 3 is 2.62 bits per heavy atom. The summed E-state index contributed by atoms with van der Waals surface area (Å²) in [7, 11) is 4.10. The summed E-state index contributed by atoms with van der Waals surface area (Å²) in [5.74, 6) is 1.78. The molecule has 6 nitrogen and oxygen atoms in total. The number of amides is 1. The van der Waals surface area contributed by atoms with Gasteiger partial charge in [-0.2, -0.15) is 0 Å². The molecule has 0 aromatic carbocycles. The zero-order chi connectivity index (χ0) is 22.2. The van der Waals surface area contributed by atoms with Crippen LogP contribution < -0.4 is 10.9 Å². The lowest BCUT2D eigenvalue weighted by molar-refractivity contribution is -0.119. The maximum atomic E-state index is 13.6. The first-order valence-electron chi connectivity index (χ1n) is 12.1. The van der Waals surface area contributed by atoms with Crippen molar-refractivity contribution in [1.82, 2.24) is 19.8 Å². The minimum Gasteiger partial charge on any atom is -0.352 e. The van der Waals surface area contributed by atoms with Gasteiger partial charge in [-0.15, -0.1) is 11.3 Å². The molecule has 5 rings (SSSR count). The molecular weight excluding hydrogens is 440 g/mol. The van der Waals surface area contributed by atoms with Gasteiger partial charge >= 0.3 is 0 Å². The number of aromatic nitrogens is 2. The van der Waals surface area contributed by atoms with Crippen molar-refractivity contribution in [3.8, 4) is 0 Å². The highest BCUT2D eigenvalue weighted by molar-refractivity contribution is 7.99. The van der Waals surface area contributed by atoms with Crippen molar-refractivity contribution in [2.24, 2.45) is 11.8 Å². The average Bonchev–Trinajstić information content (AvgIpc) is 3.68. The van der Waals surface area contributed by atoms with Crippen LogP contribution in [0, 0.1) is 11.8 Å². The lowest BCUT2D eigenvalue weighted by Crippen LogP contribution is -2.39. The first-order valence-corrected chi connectivity index (χ1v) is 13.9. The number of hydrogen-bond donors (Lipinski definition) is 1. The third-order valence-electron chi connectivity index (χ3n) is 6.95. The van der Waals surface area contributed by atoms with Crippen LogP contribution >= 0.6 is 23.1 Å². The van der Waals surface area contributed by atoms with Crippen molar-refractivity contribution in [2.45, 2.75) is 75.5 Å². The standard InChI is InChI=1S/C24H34N4O2S2/c1-27(2)12-5-13-28-23(30)20-17-6-3-4-7-18(17)32-22(20)26-24(28)31-14-19(29)25-21(15-8-9-15)16-10-11-16/h15-16,21H,3-14H2,1-2H3,(H,25,29). The highest BCUT2D eigenvalue weighted by Gasteiger charge is 2.42. The van der Waals surface area contributed by atoms with E-state index in [-0.39, 0.29) is 11.5 Å². The Balaban J connectivity index is 1.37. The molecule has 0 atom stereocenters. The molecular formula is C24H34N4O2S2. The highest BCUT2D eigenvalue weighted by atomic mass is 32.2. The number of thioether (sulfide) groups is 1. The van der Waals surface area contributed by atoms with Crippen molar-refractivity contribution in [1.29, 1.82) is 0 Å². The number of thiophene rings is 1. The Morgan fingerprint density at radius 2 is 1.94 bits per heavy atom. The van der Waals surface area contributed by atoms with Crippen LogP contribution in [0.4, 0.5) is 0 Å². The molecule has 1 amide bonds. The van der Waals surface area contributed by atoms with E-state index in [1.54, 1.807) is 11.3 Å². The maximum absolute atomic E-state index is 13.6. The molecule has 3 aliphatic rings. The van der Waals surface area contributed by atoms with Gasteiger partial charge in [0, 0.05) is 17.5 Å². The molecule has 0 radical (unpaired) electrons. The molecule has 0 spiro atoms. The summed E-state index contributed by atoms with van der Waals surface area (Å²) >= 11 is 3.12. The number of rotatable bonds is 10. The first-order chi connectivity index (χ1) is 15.5. The number of hydrogen-bond acceptors (Lipinski definition) is 6. The molecule has 2 aromatic rings. The molecule has 2 heterocycles. The third-order valence-corrected chi connectivity index (χ3v) is 9.11. The summed E-state index contributed by atoms with van der Waals surface area (Å²) in [4.78, 5) is 35.6. The minimum absolute atomic E-state index is 0.0819. The van der Waals surface area contributed by atoms with Crippen LogP contribution in [-0.2, 0) is 24.2 Å². The summed E-state index contributed by atoms with van der Waals surface area (Å²) in [5, 5.41) is 4.84. The second-order valence-electron chi connectivity index (χ2n) is 9.96. The monoisotopic (exact) mass is 474 g/mol. The van der Waals surface area contributed by atoms with Crippen LogP contribution in [0.1, 0.15) is 55.4 Å². The summed E-state index contributed by atoms with van der Waals surface area (Å²) in [6.07, 6.45) is 10.3. The van der Waals surface area contributed by atoms with Crippen molar-refractivity contribution >= 4 is 39.2 Å². The number of aryl methyl sites for hydroxylation is 2. The molecule has 2 saturated carbocycles. The van der Waals surface area contributed by atoms with Crippen molar-refractivity contribution in [3.63, 3.8) is 0 Å². The second kappa shape index (κ2) is 9.47. The highest BCUT2D eigenvalue weighted by Crippen LogP contribution is 2.44. The minimum atomic E-state index is 0.0819. The van der Waals surface area contributed by atoms with Gasteiger partial charge < -0.3 is 10.2 Å². The van der Waals surface area contributed by atoms with E-state index in [0.717, 1.165) is 42.4 Å². The SMILES string of the molecule is CN(C)CCCn1c(SCC(=O)NC(C2CC2)C2CC2)nc2sc3c(c2c1=O)CCCC3. The number of nitrogens with zero attached hydrogens (tertiary/aromatic N) is 3. The van der Waals surface area contributed by atoms with Gasteiger partial charge in [-0.3, -0.25) is 14.2 Å². The second-order valence-corrected chi connectivity index (χ2v) is 12.0. The largest absolute Gasteiger partial charge is 0.352 e. The van der Waals surface area contributed by atoms with Crippen LogP contribution in [0.5, 0.6) is 0 Å². The summed E-state index contributed by atoms with van der Waals surface area (Å²) in [5.41, 5.74) is 1.33. The molecule has 2 fully saturated rings. The summed E-state index contributed by atoms with van der Waals surface area (Å²) in [6.45, 7) is 1.56. The van der Waals surface area contributed by atoms with E-state index in [9.17, 15) is 9.59 Å². The fraction of sp³-hybridized carbons (Fsp3) is 0.708. The van der Waals surface area contributed by atoms with Crippen molar-refractivity contribution < 1.29 is 4.79 Å². The van der Waals surface area contributed by atoms with E-state index in [1.807, 2.05) is 4.57 Å². The van der Waals surface area contributed by atoms with Crippen molar-refractivity contribution in [2.75, 3.05) is 26.4 Å². The fourth-order valence-corrected chi connectivity index (χ4v) is 7.10. The Morgan fingerprint density at radius 1 is 1.22 bits per heavy atom. The van der Waals surface area contributed by atoms with Crippen LogP contribution in [0.2, 0.25) is 0 Å². The predicted molar refractivity (Wildman–Crippen MR) is 132 cm³/mol. The van der Waals surface area contributed by atoms with E-state index in [0.29, 0.717) is 35.3 Å². The van der Waals surface area contributed by atoms with Gasteiger partial charge in [-0.05, 0) is 95.8 Å². The van der Waals surface area contributed by atoms with Gasteiger partial charge in [0.2, 0.25) is 5.91 Å². The van der Waals surface area contributed by atoms with Gasteiger partial charge in [0.15, 0.2) is 5.16 Å². The zero-order valence-corrected chi connectivity index (χ0v) is 20.8. The van der Waals surface area contributed by atoms with E-state index in [2.05, 4.69) is 24.3 Å². The number of nitrogens with one attached hydrogen (secondary N) is 1. The quantitative estimate of drug-likeness (QED) is 0.420. The van der Waals surface area contributed by atoms with Crippen LogP contribution in [0.15, 0.2) is 9.95 Å². The Labute approximate surface area is 198 Å². The van der Waals surface area contributed by atoms with Gasteiger partial charge in [-0.25, -0.2) is 4.98 Å². The molecule has 0 saturated heterocycles. The molecule has 3 aliphatic carbocycles. The Bertz CT molecular complexity index is 1040. The predicted octanol–water partition coefficient (Wildman–Crippen LogP) is 3.69. The van der Waals surface area contributed by atoms with Crippen molar-refractivity contribution in [3.05, 3.63) is 20.8 Å². The Kier molecular flexibility index (Phi) is 6.63. The van der Waals surface area contributed by atoms with Crippen LogP contribution in [0.3, 0.4) is 0 Å². The molecule has 0 bridgehead atoms. The zero-order valence-electron chi connectivity index (χ0n) is 19.2.